The fourth-order valence-corrected chi connectivity index (χ4v) is 4.60. The van der Waals surface area contributed by atoms with E-state index < -0.39 is 36.7 Å². The number of ether oxygens (including phenoxy) is 6. The standard InChI is InChI=1S/C31H35BrO7/c1-23(33)38-30-29(37-21-26-15-9-4-10-16-26)28(36-20-25-13-7-3-8-14-25)27(39-31(30)35-18-17-32)22-34-19-24-11-5-2-6-12-24/h2-16,27-31H,17-22H2,1H3. The molecular weight excluding hydrogens is 564 g/mol. The van der Waals surface area contributed by atoms with Gasteiger partial charge in [0.15, 0.2) is 12.4 Å². The van der Waals surface area contributed by atoms with Crippen LogP contribution in [0.4, 0.5) is 0 Å². The lowest BCUT2D eigenvalue weighted by molar-refractivity contribution is -0.319. The molecule has 1 fully saturated rings. The van der Waals surface area contributed by atoms with Gasteiger partial charge in [-0.15, -0.1) is 0 Å². The molecule has 0 N–H and O–H groups in total. The molecule has 0 saturated carbocycles. The molecule has 7 nitrogen and oxygen atoms in total. The van der Waals surface area contributed by atoms with E-state index in [1.807, 2.05) is 91.0 Å². The molecule has 5 atom stereocenters. The Morgan fingerprint density at radius 2 is 1.23 bits per heavy atom. The quantitative estimate of drug-likeness (QED) is 0.181. The van der Waals surface area contributed by atoms with Crippen LogP contribution in [-0.4, -0.2) is 55.2 Å². The van der Waals surface area contributed by atoms with Crippen molar-refractivity contribution in [2.75, 3.05) is 18.5 Å². The maximum atomic E-state index is 12.2. The van der Waals surface area contributed by atoms with Crippen LogP contribution in [0.15, 0.2) is 91.0 Å². The first kappa shape index (κ1) is 29.4. The lowest BCUT2D eigenvalue weighted by Crippen LogP contribution is -2.62. The molecule has 0 radical (unpaired) electrons. The minimum atomic E-state index is -0.853. The average Bonchev–Trinajstić information content (AvgIpc) is 2.96. The van der Waals surface area contributed by atoms with Crippen molar-refractivity contribution in [1.29, 1.82) is 0 Å². The summed E-state index contributed by atoms with van der Waals surface area (Å²) < 4.78 is 37.1. The molecule has 3 aromatic carbocycles. The van der Waals surface area contributed by atoms with Crippen LogP contribution in [-0.2, 0) is 53.0 Å². The minimum Gasteiger partial charge on any atom is -0.454 e. The molecule has 208 valence electrons. The normalized spacial score (nSPS) is 22.9. The zero-order chi connectivity index (χ0) is 27.3. The summed E-state index contributed by atoms with van der Waals surface area (Å²) in [6.45, 7) is 3.01. The van der Waals surface area contributed by atoms with E-state index in [-0.39, 0.29) is 6.61 Å². The SMILES string of the molecule is CC(=O)OC1C(OCCBr)OC(COCc2ccccc2)C(OCc2ccccc2)C1OCc1ccccc1. The second-order valence-electron chi connectivity index (χ2n) is 9.20. The maximum Gasteiger partial charge on any atom is 0.303 e. The molecule has 0 aliphatic carbocycles. The van der Waals surface area contributed by atoms with Crippen molar-refractivity contribution in [3.05, 3.63) is 108 Å². The van der Waals surface area contributed by atoms with E-state index in [2.05, 4.69) is 15.9 Å². The predicted molar refractivity (Wildman–Crippen MR) is 150 cm³/mol. The van der Waals surface area contributed by atoms with E-state index in [1.165, 1.54) is 6.92 Å². The third kappa shape index (κ3) is 9.24. The van der Waals surface area contributed by atoms with Crippen LogP contribution in [0, 0.1) is 0 Å². The Kier molecular flexibility index (Phi) is 12.0. The molecule has 0 aromatic heterocycles. The topological polar surface area (TPSA) is 72.5 Å². The third-order valence-electron chi connectivity index (χ3n) is 6.22. The van der Waals surface area contributed by atoms with E-state index in [0.717, 1.165) is 16.7 Å². The van der Waals surface area contributed by atoms with E-state index in [9.17, 15) is 4.79 Å². The van der Waals surface area contributed by atoms with Gasteiger partial charge in [0.1, 0.15) is 18.3 Å². The van der Waals surface area contributed by atoms with Crippen LogP contribution in [0.3, 0.4) is 0 Å². The van der Waals surface area contributed by atoms with Gasteiger partial charge in [-0.2, -0.15) is 0 Å². The Balaban J connectivity index is 1.59. The smallest absolute Gasteiger partial charge is 0.303 e. The van der Waals surface area contributed by atoms with Crippen LogP contribution in [0.25, 0.3) is 0 Å². The number of carbonyl (C=O) groups excluding carboxylic acids is 1. The molecule has 0 spiro atoms. The molecule has 5 unspecified atom stereocenters. The summed E-state index contributed by atoms with van der Waals surface area (Å²) in [5.74, 6) is -0.454. The third-order valence-corrected chi connectivity index (χ3v) is 6.54. The number of esters is 1. The van der Waals surface area contributed by atoms with Crippen molar-refractivity contribution in [3.63, 3.8) is 0 Å². The Hall–Kier alpha value is -2.59. The summed E-state index contributed by atoms with van der Waals surface area (Å²) in [5.41, 5.74) is 3.05. The van der Waals surface area contributed by atoms with Gasteiger partial charge in [0.25, 0.3) is 0 Å². The van der Waals surface area contributed by atoms with Crippen LogP contribution >= 0.6 is 15.9 Å². The highest BCUT2D eigenvalue weighted by molar-refractivity contribution is 9.09. The largest absolute Gasteiger partial charge is 0.454 e. The number of alkyl halides is 1. The molecule has 39 heavy (non-hydrogen) atoms. The lowest BCUT2D eigenvalue weighted by Gasteiger charge is -2.45. The van der Waals surface area contributed by atoms with Gasteiger partial charge in [0, 0.05) is 12.3 Å². The van der Waals surface area contributed by atoms with Crippen molar-refractivity contribution in [1.82, 2.24) is 0 Å². The molecule has 1 heterocycles. The van der Waals surface area contributed by atoms with Gasteiger partial charge in [0.2, 0.25) is 0 Å². The van der Waals surface area contributed by atoms with Crippen molar-refractivity contribution < 1.29 is 33.2 Å². The fraction of sp³-hybridized carbons (Fsp3) is 0.387. The van der Waals surface area contributed by atoms with E-state index >= 15 is 0 Å². The van der Waals surface area contributed by atoms with E-state index in [0.29, 0.717) is 31.8 Å². The highest BCUT2D eigenvalue weighted by Gasteiger charge is 2.50. The number of hydrogen-bond acceptors (Lipinski definition) is 7. The van der Waals surface area contributed by atoms with Crippen LogP contribution < -0.4 is 0 Å². The van der Waals surface area contributed by atoms with Gasteiger partial charge >= 0.3 is 5.97 Å². The van der Waals surface area contributed by atoms with Gasteiger partial charge in [-0.3, -0.25) is 4.79 Å². The summed E-state index contributed by atoms with van der Waals surface area (Å²) in [4.78, 5) is 12.2. The first-order valence-corrected chi connectivity index (χ1v) is 14.2. The molecule has 4 rings (SSSR count). The fourth-order valence-electron chi connectivity index (χ4n) is 4.42. The molecule has 3 aromatic rings. The van der Waals surface area contributed by atoms with Crippen molar-refractivity contribution >= 4 is 21.9 Å². The molecule has 1 saturated heterocycles. The second-order valence-corrected chi connectivity index (χ2v) is 9.99. The van der Waals surface area contributed by atoms with Crippen molar-refractivity contribution in [3.8, 4) is 0 Å². The van der Waals surface area contributed by atoms with Crippen molar-refractivity contribution in [2.45, 2.75) is 57.5 Å². The zero-order valence-electron chi connectivity index (χ0n) is 22.0. The molecule has 1 aliphatic heterocycles. The number of hydrogen-bond donors (Lipinski definition) is 0. The van der Waals surface area contributed by atoms with Crippen molar-refractivity contribution in [2.24, 2.45) is 0 Å². The highest BCUT2D eigenvalue weighted by atomic mass is 79.9. The molecular formula is C31H35BrO7. The maximum absolute atomic E-state index is 12.2. The lowest BCUT2D eigenvalue weighted by atomic mass is 9.98. The first-order valence-electron chi connectivity index (χ1n) is 13.1. The van der Waals surface area contributed by atoms with E-state index in [1.54, 1.807) is 0 Å². The number of benzene rings is 3. The molecule has 8 heteroatoms. The summed E-state index contributed by atoms with van der Waals surface area (Å²) in [7, 11) is 0. The molecule has 1 aliphatic rings. The van der Waals surface area contributed by atoms with Gasteiger partial charge < -0.3 is 28.4 Å². The summed E-state index contributed by atoms with van der Waals surface area (Å²) in [5, 5.41) is 0.596. The van der Waals surface area contributed by atoms with Gasteiger partial charge in [-0.25, -0.2) is 0 Å². The first-order chi connectivity index (χ1) is 19.1. The average molecular weight is 600 g/mol. The Bertz CT molecular complexity index is 1100. The monoisotopic (exact) mass is 598 g/mol. The van der Waals surface area contributed by atoms with Crippen LogP contribution in [0.2, 0.25) is 0 Å². The Morgan fingerprint density at radius 3 is 1.74 bits per heavy atom. The van der Waals surface area contributed by atoms with Gasteiger partial charge in [-0.1, -0.05) is 107 Å². The summed E-state index contributed by atoms with van der Waals surface area (Å²) in [6.07, 6.45) is -3.49. The Morgan fingerprint density at radius 1 is 0.718 bits per heavy atom. The predicted octanol–water partition coefficient (Wildman–Crippen LogP) is 5.44. The van der Waals surface area contributed by atoms with Gasteiger partial charge in [-0.05, 0) is 16.7 Å². The summed E-state index contributed by atoms with van der Waals surface area (Å²) in [6, 6.07) is 29.7. The number of halogens is 1. The zero-order valence-corrected chi connectivity index (χ0v) is 23.6. The summed E-state index contributed by atoms with van der Waals surface area (Å²) >= 11 is 3.40. The minimum absolute atomic E-state index is 0.237. The van der Waals surface area contributed by atoms with Crippen LogP contribution in [0.1, 0.15) is 23.6 Å². The molecule has 0 amide bonds. The van der Waals surface area contributed by atoms with Crippen LogP contribution in [0.5, 0.6) is 0 Å². The number of rotatable bonds is 14. The molecule has 0 bridgehead atoms. The number of carbonyl (C=O) groups is 1. The van der Waals surface area contributed by atoms with E-state index in [4.69, 9.17) is 28.4 Å². The second kappa shape index (κ2) is 15.9. The Labute approximate surface area is 238 Å². The van der Waals surface area contributed by atoms with Gasteiger partial charge in [0.05, 0.1) is 33.0 Å². The highest BCUT2D eigenvalue weighted by Crippen LogP contribution is 2.31.